The van der Waals surface area contributed by atoms with Crippen LogP contribution in [0, 0.1) is 0 Å². The second-order valence-electron chi connectivity index (χ2n) is 2.06. The molecule has 3 nitrogen and oxygen atoms in total. The minimum Gasteiger partial charge on any atom is -0.399 e. The Hall–Kier alpha value is 1.01. The van der Waals surface area contributed by atoms with Crippen LogP contribution in [0.5, 0.6) is 0 Å². The highest BCUT2D eigenvalue weighted by atomic mass is 35.6. The van der Waals surface area contributed by atoms with Crippen LogP contribution in [-0.2, 0) is 9.47 Å². The zero-order valence-corrected chi connectivity index (χ0v) is 10.0. The fourth-order valence-corrected chi connectivity index (χ4v) is 1.98. The van der Waals surface area contributed by atoms with Crippen LogP contribution in [-0.4, -0.2) is 19.5 Å². The molecule has 0 aliphatic carbocycles. The van der Waals surface area contributed by atoms with E-state index in [1.54, 1.807) is 0 Å². The summed E-state index contributed by atoms with van der Waals surface area (Å²) in [5, 5.41) is -2.27. The standard InChI is InChI=1S/C4Cl6O3/c5-2(3(6,7)8)4(9,10)13-1(11)12-2. The van der Waals surface area contributed by atoms with E-state index in [1.165, 1.54) is 0 Å². The van der Waals surface area contributed by atoms with Gasteiger partial charge in [0.25, 0.3) is 3.79 Å². The maximum atomic E-state index is 10.6. The summed E-state index contributed by atoms with van der Waals surface area (Å²) in [6, 6.07) is 0. The van der Waals surface area contributed by atoms with E-state index in [0.29, 0.717) is 0 Å². The number of carbonyl (C=O) groups is 1. The largest absolute Gasteiger partial charge is 0.513 e. The first-order valence-corrected chi connectivity index (χ1v) is 4.92. The second kappa shape index (κ2) is 3.26. The molecule has 1 aliphatic rings. The molecule has 0 aromatic carbocycles. The average molecular weight is 309 g/mol. The monoisotopic (exact) mass is 306 g/mol. The van der Waals surface area contributed by atoms with Crippen molar-refractivity contribution in [2.45, 2.75) is 13.4 Å². The fraction of sp³-hybridized carbons (Fsp3) is 0.750. The van der Waals surface area contributed by atoms with Crippen molar-refractivity contribution in [3.8, 4) is 0 Å². The Morgan fingerprint density at radius 2 is 1.54 bits per heavy atom. The molecule has 0 amide bonds. The molecule has 0 saturated carbocycles. The van der Waals surface area contributed by atoms with E-state index in [4.69, 9.17) is 69.6 Å². The predicted molar refractivity (Wildman–Crippen MR) is 50.9 cm³/mol. The van der Waals surface area contributed by atoms with Crippen LogP contribution in [0.1, 0.15) is 0 Å². The van der Waals surface area contributed by atoms with Crippen molar-refractivity contribution in [1.29, 1.82) is 0 Å². The lowest BCUT2D eigenvalue weighted by molar-refractivity contribution is 0.106. The van der Waals surface area contributed by atoms with E-state index in [-0.39, 0.29) is 0 Å². The van der Waals surface area contributed by atoms with Gasteiger partial charge in [-0.3, -0.25) is 0 Å². The Bertz CT molecular complexity index is 247. The maximum absolute atomic E-state index is 10.6. The Kier molecular flexibility index (Phi) is 3.03. The van der Waals surface area contributed by atoms with Crippen LogP contribution in [0.15, 0.2) is 0 Å². The van der Waals surface area contributed by atoms with E-state index in [0.717, 1.165) is 0 Å². The molecule has 0 N–H and O–H groups in total. The lowest BCUT2D eigenvalue weighted by Crippen LogP contribution is -2.49. The Balaban J connectivity index is 3.10. The third-order valence-electron chi connectivity index (χ3n) is 1.17. The summed E-state index contributed by atoms with van der Waals surface area (Å²) in [6.45, 7) is 0. The number of hydrogen-bond acceptors (Lipinski definition) is 3. The zero-order chi connectivity index (χ0) is 10.5. The first-order chi connectivity index (χ1) is 5.60. The topological polar surface area (TPSA) is 35.5 Å². The molecule has 0 bridgehead atoms. The van der Waals surface area contributed by atoms with Crippen LogP contribution in [0.2, 0.25) is 0 Å². The maximum Gasteiger partial charge on any atom is 0.513 e. The molecule has 1 saturated heterocycles. The minimum atomic E-state index is -2.27. The quantitative estimate of drug-likeness (QED) is 0.507. The Morgan fingerprint density at radius 3 is 1.69 bits per heavy atom. The summed E-state index contributed by atoms with van der Waals surface area (Å²) in [6.07, 6.45) is -1.22. The molecule has 76 valence electrons. The SMILES string of the molecule is O=C1OC(Cl)(Cl)C(Cl)(C(Cl)(Cl)Cl)O1. The van der Waals surface area contributed by atoms with Crippen LogP contribution < -0.4 is 0 Å². The summed E-state index contributed by atoms with van der Waals surface area (Å²) in [5.41, 5.74) is 0. The van der Waals surface area contributed by atoms with Crippen molar-refractivity contribution >= 4 is 75.8 Å². The molecule has 1 rings (SSSR count). The molecule has 0 aromatic rings. The van der Waals surface area contributed by atoms with Crippen LogP contribution in [0.4, 0.5) is 4.79 Å². The Labute approximate surface area is 103 Å². The van der Waals surface area contributed by atoms with Gasteiger partial charge in [0, 0.05) is 0 Å². The van der Waals surface area contributed by atoms with E-state index in [9.17, 15) is 4.79 Å². The van der Waals surface area contributed by atoms with Gasteiger partial charge in [0.05, 0.1) is 0 Å². The van der Waals surface area contributed by atoms with Crippen LogP contribution in [0.3, 0.4) is 0 Å². The lowest BCUT2D eigenvalue weighted by atomic mass is 10.4. The number of halogens is 6. The summed E-state index contributed by atoms with van der Waals surface area (Å²) >= 11 is 32.7. The fourth-order valence-electron chi connectivity index (χ4n) is 0.588. The van der Waals surface area contributed by atoms with Crippen molar-refractivity contribution in [2.75, 3.05) is 0 Å². The number of hydrogen-bond donors (Lipinski definition) is 0. The molecule has 13 heavy (non-hydrogen) atoms. The molecule has 0 aromatic heterocycles. The first-order valence-electron chi connectivity index (χ1n) is 2.65. The average Bonchev–Trinajstić information content (AvgIpc) is 2.00. The van der Waals surface area contributed by atoms with Crippen molar-refractivity contribution < 1.29 is 14.3 Å². The summed E-state index contributed by atoms with van der Waals surface area (Å²) in [4.78, 5) is 10.6. The molecule has 1 heterocycles. The van der Waals surface area contributed by atoms with Gasteiger partial charge < -0.3 is 9.47 Å². The number of carbonyl (C=O) groups excluding carboxylic acids is 1. The number of alkyl halides is 6. The molecule has 9 heteroatoms. The van der Waals surface area contributed by atoms with Gasteiger partial charge >= 0.3 is 15.7 Å². The van der Waals surface area contributed by atoms with Gasteiger partial charge in [-0.25, -0.2) is 4.79 Å². The van der Waals surface area contributed by atoms with Gasteiger partial charge in [-0.15, -0.1) is 0 Å². The number of cyclic esters (lactones) is 2. The van der Waals surface area contributed by atoms with Gasteiger partial charge in [-0.05, 0) is 0 Å². The zero-order valence-electron chi connectivity index (χ0n) is 5.49. The predicted octanol–water partition coefficient (Wildman–Crippen LogP) is 3.59. The van der Waals surface area contributed by atoms with E-state index >= 15 is 0 Å². The minimum absolute atomic E-state index is 1.22. The summed E-state index contributed by atoms with van der Waals surface area (Å²) in [5.74, 6) is 0. The van der Waals surface area contributed by atoms with E-state index in [2.05, 4.69) is 9.47 Å². The molecule has 1 atom stereocenters. The third kappa shape index (κ3) is 1.87. The molecular formula is C4Cl6O3. The highest BCUT2D eigenvalue weighted by molar-refractivity contribution is 6.72. The van der Waals surface area contributed by atoms with E-state index < -0.39 is 19.5 Å². The Morgan fingerprint density at radius 1 is 1.08 bits per heavy atom. The van der Waals surface area contributed by atoms with Gasteiger partial charge in [-0.2, -0.15) is 0 Å². The number of ether oxygens (including phenoxy) is 2. The van der Waals surface area contributed by atoms with Gasteiger partial charge in [0.2, 0.25) is 0 Å². The molecule has 1 fully saturated rings. The smallest absolute Gasteiger partial charge is 0.399 e. The summed E-state index contributed by atoms with van der Waals surface area (Å²) in [7, 11) is 0. The molecule has 1 aliphatic heterocycles. The van der Waals surface area contributed by atoms with E-state index in [1.807, 2.05) is 0 Å². The van der Waals surface area contributed by atoms with Crippen molar-refractivity contribution in [2.24, 2.45) is 0 Å². The van der Waals surface area contributed by atoms with Gasteiger partial charge in [-0.1, -0.05) is 69.6 Å². The molecular weight excluding hydrogens is 309 g/mol. The molecule has 0 spiro atoms. The van der Waals surface area contributed by atoms with Crippen molar-refractivity contribution in [3.63, 3.8) is 0 Å². The number of rotatable bonds is 0. The van der Waals surface area contributed by atoms with Gasteiger partial charge in [0.15, 0.2) is 0 Å². The molecule has 0 radical (unpaired) electrons. The second-order valence-corrected chi connectivity index (χ2v) is 6.14. The van der Waals surface area contributed by atoms with Crippen molar-refractivity contribution in [3.05, 3.63) is 0 Å². The van der Waals surface area contributed by atoms with Crippen LogP contribution >= 0.6 is 69.6 Å². The lowest BCUT2D eigenvalue weighted by Gasteiger charge is -2.31. The summed E-state index contributed by atoms with van der Waals surface area (Å²) < 4.78 is 4.18. The van der Waals surface area contributed by atoms with Crippen LogP contribution in [0.25, 0.3) is 0 Å². The normalized spacial score (nSPS) is 32.6. The highest BCUT2D eigenvalue weighted by Crippen LogP contribution is 2.57. The van der Waals surface area contributed by atoms with Gasteiger partial charge in [0.1, 0.15) is 0 Å². The molecule has 1 unspecified atom stereocenters. The van der Waals surface area contributed by atoms with Crippen molar-refractivity contribution in [1.82, 2.24) is 0 Å². The highest BCUT2D eigenvalue weighted by Gasteiger charge is 2.71. The first kappa shape index (κ1) is 12.1. The third-order valence-corrected chi connectivity index (χ3v) is 3.77.